The topological polar surface area (TPSA) is 17.8 Å². The van der Waals surface area contributed by atoms with Gasteiger partial charge in [0.2, 0.25) is 0 Å². The molecule has 1 aromatic carbocycles. The molecule has 0 spiro atoms. The summed E-state index contributed by atoms with van der Waals surface area (Å²) in [5, 5.41) is 6.26. The standard InChI is InChI=1S/C12H14BrClN2/c1-2-3-4-5-16-12-7-11(14)10(13)6-9(12)8-15-16/h6-8H,2-5H2,1H3. The molecular weight excluding hydrogens is 288 g/mol. The summed E-state index contributed by atoms with van der Waals surface area (Å²) in [6.07, 6.45) is 5.53. The summed E-state index contributed by atoms with van der Waals surface area (Å²) in [5.74, 6) is 0. The summed E-state index contributed by atoms with van der Waals surface area (Å²) in [6.45, 7) is 3.17. The molecule has 86 valence electrons. The van der Waals surface area contributed by atoms with E-state index in [2.05, 4.69) is 28.0 Å². The van der Waals surface area contributed by atoms with E-state index in [0.29, 0.717) is 0 Å². The second kappa shape index (κ2) is 5.19. The summed E-state index contributed by atoms with van der Waals surface area (Å²) in [7, 11) is 0. The number of aryl methyl sites for hydroxylation is 1. The maximum atomic E-state index is 6.09. The quantitative estimate of drug-likeness (QED) is 0.752. The Labute approximate surface area is 109 Å². The first-order valence-electron chi connectivity index (χ1n) is 5.53. The van der Waals surface area contributed by atoms with Crippen LogP contribution in [0.5, 0.6) is 0 Å². The lowest BCUT2D eigenvalue weighted by Gasteiger charge is -2.03. The third kappa shape index (κ3) is 2.41. The molecule has 0 atom stereocenters. The van der Waals surface area contributed by atoms with Gasteiger partial charge in [0.15, 0.2) is 0 Å². The monoisotopic (exact) mass is 300 g/mol. The Bertz CT molecular complexity index is 493. The van der Waals surface area contributed by atoms with Crippen molar-refractivity contribution in [2.24, 2.45) is 0 Å². The molecule has 0 amide bonds. The molecule has 0 aliphatic carbocycles. The zero-order valence-electron chi connectivity index (χ0n) is 9.21. The molecule has 0 radical (unpaired) electrons. The number of fused-ring (bicyclic) bond motifs is 1. The number of aromatic nitrogens is 2. The van der Waals surface area contributed by atoms with Crippen LogP contribution in [0.4, 0.5) is 0 Å². The second-order valence-electron chi connectivity index (χ2n) is 3.90. The van der Waals surface area contributed by atoms with Crippen LogP contribution in [0.3, 0.4) is 0 Å². The molecule has 0 aliphatic heterocycles. The van der Waals surface area contributed by atoms with Crippen LogP contribution >= 0.6 is 27.5 Å². The first-order chi connectivity index (χ1) is 7.72. The maximum absolute atomic E-state index is 6.09. The number of nitrogens with zero attached hydrogens (tertiary/aromatic N) is 2. The largest absolute Gasteiger partial charge is 0.265 e. The molecule has 0 aliphatic rings. The van der Waals surface area contributed by atoms with Gasteiger partial charge in [-0.1, -0.05) is 31.4 Å². The van der Waals surface area contributed by atoms with Crippen molar-refractivity contribution in [1.82, 2.24) is 9.78 Å². The summed E-state index contributed by atoms with van der Waals surface area (Å²) < 4.78 is 2.96. The van der Waals surface area contributed by atoms with Crippen molar-refractivity contribution in [2.75, 3.05) is 0 Å². The molecule has 4 heteroatoms. The number of halogens is 2. The highest BCUT2D eigenvalue weighted by atomic mass is 79.9. The summed E-state index contributed by atoms with van der Waals surface area (Å²) in [6, 6.07) is 3.99. The van der Waals surface area contributed by atoms with Crippen LogP contribution in [0.15, 0.2) is 22.8 Å². The van der Waals surface area contributed by atoms with Crippen LogP contribution in [0.1, 0.15) is 26.2 Å². The maximum Gasteiger partial charge on any atom is 0.0698 e. The van der Waals surface area contributed by atoms with Crippen LogP contribution in [-0.4, -0.2) is 9.78 Å². The number of hydrogen-bond donors (Lipinski definition) is 0. The first kappa shape index (κ1) is 11.9. The van der Waals surface area contributed by atoms with Crippen molar-refractivity contribution < 1.29 is 0 Å². The molecule has 0 bridgehead atoms. The molecular formula is C12H14BrClN2. The van der Waals surface area contributed by atoms with E-state index in [-0.39, 0.29) is 0 Å². The van der Waals surface area contributed by atoms with Gasteiger partial charge in [0.25, 0.3) is 0 Å². The van der Waals surface area contributed by atoms with E-state index in [1.807, 2.05) is 23.0 Å². The van der Waals surface area contributed by atoms with E-state index < -0.39 is 0 Å². The smallest absolute Gasteiger partial charge is 0.0698 e. The molecule has 16 heavy (non-hydrogen) atoms. The Balaban J connectivity index is 2.29. The van der Waals surface area contributed by atoms with Crippen molar-refractivity contribution in [3.05, 3.63) is 27.8 Å². The van der Waals surface area contributed by atoms with Gasteiger partial charge in [-0.15, -0.1) is 0 Å². The molecule has 2 nitrogen and oxygen atoms in total. The summed E-state index contributed by atoms with van der Waals surface area (Å²) in [4.78, 5) is 0. The average Bonchev–Trinajstić information content (AvgIpc) is 2.63. The number of rotatable bonds is 4. The van der Waals surface area contributed by atoms with Crippen molar-refractivity contribution in [3.8, 4) is 0 Å². The fraction of sp³-hybridized carbons (Fsp3) is 0.417. The van der Waals surface area contributed by atoms with Gasteiger partial charge >= 0.3 is 0 Å². The zero-order valence-corrected chi connectivity index (χ0v) is 11.6. The van der Waals surface area contributed by atoms with Crippen LogP contribution in [0.2, 0.25) is 5.02 Å². The Kier molecular flexibility index (Phi) is 3.87. The Morgan fingerprint density at radius 2 is 2.19 bits per heavy atom. The Hall–Kier alpha value is -0.540. The van der Waals surface area contributed by atoms with Gasteiger partial charge in [0, 0.05) is 16.4 Å². The van der Waals surface area contributed by atoms with Crippen molar-refractivity contribution in [2.45, 2.75) is 32.7 Å². The van der Waals surface area contributed by atoms with E-state index >= 15 is 0 Å². The normalized spacial score (nSPS) is 11.2. The predicted molar refractivity (Wildman–Crippen MR) is 72.0 cm³/mol. The molecule has 0 N–H and O–H groups in total. The fourth-order valence-electron chi connectivity index (χ4n) is 1.76. The highest BCUT2D eigenvalue weighted by Crippen LogP contribution is 2.28. The Morgan fingerprint density at radius 1 is 1.38 bits per heavy atom. The van der Waals surface area contributed by atoms with Gasteiger partial charge < -0.3 is 0 Å². The molecule has 0 saturated heterocycles. The lowest BCUT2D eigenvalue weighted by molar-refractivity contribution is 0.567. The minimum Gasteiger partial charge on any atom is -0.265 e. The van der Waals surface area contributed by atoms with Gasteiger partial charge in [-0.3, -0.25) is 4.68 Å². The van der Waals surface area contributed by atoms with E-state index in [1.165, 1.54) is 19.3 Å². The molecule has 0 fully saturated rings. The van der Waals surface area contributed by atoms with Gasteiger partial charge in [-0.05, 0) is 34.5 Å². The third-order valence-electron chi connectivity index (χ3n) is 2.66. The van der Waals surface area contributed by atoms with E-state index in [0.717, 1.165) is 26.9 Å². The summed E-state index contributed by atoms with van der Waals surface area (Å²) in [5.41, 5.74) is 1.12. The minimum atomic E-state index is 0.741. The number of unbranched alkanes of at least 4 members (excludes halogenated alkanes) is 2. The molecule has 2 rings (SSSR count). The number of benzene rings is 1. The molecule has 0 unspecified atom stereocenters. The van der Waals surface area contributed by atoms with Crippen molar-refractivity contribution >= 4 is 38.4 Å². The SMILES string of the molecule is CCCCCn1ncc2cc(Br)c(Cl)cc21. The minimum absolute atomic E-state index is 0.741. The van der Waals surface area contributed by atoms with Crippen molar-refractivity contribution in [3.63, 3.8) is 0 Å². The molecule has 1 aromatic heterocycles. The summed E-state index contributed by atoms with van der Waals surface area (Å²) >= 11 is 9.51. The van der Waals surface area contributed by atoms with E-state index in [9.17, 15) is 0 Å². The van der Waals surface area contributed by atoms with Gasteiger partial charge in [0.1, 0.15) is 0 Å². The highest BCUT2D eigenvalue weighted by molar-refractivity contribution is 9.10. The second-order valence-corrected chi connectivity index (χ2v) is 5.16. The van der Waals surface area contributed by atoms with Crippen molar-refractivity contribution in [1.29, 1.82) is 0 Å². The molecule has 1 heterocycles. The van der Waals surface area contributed by atoms with E-state index in [1.54, 1.807) is 0 Å². The third-order valence-corrected chi connectivity index (χ3v) is 3.85. The van der Waals surface area contributed by atoms with E-state index in [4.69, 9.17) is 11.6 Å². The van der Waals surface area contributed by atoms with Crippen LogP contribution in [-0.2, 0) is 6.54 Å². The van der Waals surface area contributed by atoms with Gasteiger partial charge in [-0.2, -0.15) is 5.10 Å². The van der Waals surface area contributed by atoms with Crippen LogP contribution in [0.25, 0.3) is 10.9 Å². The predicted octanol–water partition coefficient (Wildman–Crippen LogP) is 4.64. The highest BCUT2D eigenvalue weighted by Gasteiger charge is 2.06. The number of hydrogen-bond acceptors (Lipinski definition) is 1. The lowest BCUT2D eigenvalue weighted by atomic mass is 10.2. The lowest BCUT2D eigenvalue weighted by Crippen LogP contribution is -1.99. The zero-order chi connectivity index (χ0) is 11.5. The van der Waals surface area contributed by atoms with Crippen LogP contribution in [0, 0.1) is 0 Å². The van der Waals surface area contributed by atoms with Gasteiger partial charge in [-0.25, -0.2) is 0 Å². The fourth-order valence-corrected chi connectivity index (χ4v) is 2.28. The molecule has 0 saturated carbocycles. The Morgan fingerprint density at radius 3 is 2.94 bits per heavy atom. The first-order valence-corrected chi connectivity index (χ1v) is 6.70. The average molecular weight is 302 g/mol. The van der Waals surface area contributed by atoms with Gasteiger partial charge in [0.05, 0.1) is 16.7 Å². The van der Waals surface area contributed by atoms with Crippen LogP contribution < -0.4 is 0 Å². The molecule has 2 aromatic rings.